The first-order chi connectivity index (χ1) is 9.92. The van der Waals surface area contributed by atoms with E-state index in [1.807, 2.05) is 6.92 Å². The smallest absolute Gasteiger partial charge is 0.243 e. The lowest BCUT2D eigenvalue weighted by atomic mass is 10.2. The van der Waals surface area contributed by atoms with Crippen molar-refractivity contribution in [3.05, 3.63) is 29.3 Å². The van der Waals surface area contributed by atoms with Crippen molar-refractivity contribution in [3.63, 3.8) is 0 Å². The highest BCUT2D eigenvalue weighted by atomic mass is 35.5. The summed E-state index contributed by atoms with van der Waals surface area (Å²) >= 11 is 5.79. The molecule has 0 aliphatic heterocycles. The Bertz CT molecular complexity index is 478. The van der Waals surface area contributed by atoms with Gasteiger partial charge in [0.05, 0.1) is 6.54 Å². The molecule has 1 unspecified atom stereocenters. The molecule has 2 amide bonds. The van der Waals surface area contributed by atoms with Gasteiger partial charge in [-0.05, 0) is 37.6 Å². The second-order valence-corrected chi connectivity index (χ2v) is 5.49. The van der Waals surface area contributed by atoms with Gasteiger partial charge in [0.15, 0.2) is 0 Å². The molecule has 1 rings (SSSR count). The van der Waals surface area contributed by atoms with Crippen molar-refractivity contribution in [1.82, 2.24) is 4.90 Å². The Balaban J connectivity index is 0.00000441. The molecule has 1 atom stereocenters. The van der Waals surface area contributed by atoms with Crippen LogP contribution in [0.25, 0.3) is 0 Å². The number of amides is 2. The van der Waals surface area contributed by atoms with E-state index in [1.54, 1.807) is 31.2 Å². The molecule has 0 aliphatic rings. The fourth-order valence-corrected chi connectivity index (χ4v) is 2.00. The van der Waals surface area contributed by atoms with Crippen LogP contribution in [0.3, 0.4) is 0 Å². The highest BCUT2D eigenvalue weighted by molar-refractivity contribution is 6.30. The van der Waals surface area contributed by atoms with E-state index in [2.05, 4.69) is 5.32 Å². The summed E-state index contributed by atoms with van der Waals surface area (Å²) in [6.07, 6.45) is 1.03. The van der Waals surface area contributed by atoms with Crippen LogP contribution in [0.5, 0.6) is 0 Å². The van der Waals surface area contributed by atoms with Crippen LogP contribution in [0, 0.1) is 0 Å². The number of hydrogen-bond donors (Lipinski definition) is 2. The highest BCUT2D eigenvalue weighted by Gasteiger charge is 2.17. The first-order valence-corrected chi connectivity index (χ1v) is 7.39. The Morgan fingerprint density at radius 3 is 2.41 bits per heavy atom. The van der Waals surface area contributed by atoms with Gasteiger partial charge in [-0.2, -0.15) is 0 Å². The standard InChI is InChI=1S/C15H22ClN3O2.ClH/c1-3-8-19(15(21)9-11(2)17)10-14(20)18-13-6-4-12(16)5-7-13;/h4-7,11H,3,8-10,17H2,1-2H3,(H,18,20);1H. The summed E-state index contributed by atoms with van der Waals surface area (Å²) in [5.74, 6) is -0.332. The molecular weight excluding hydrogens is 325 g/mol. The summed E-state index contributed by atoms with van der Waals surface area (Å²) in [5.41, 5.74) is 6.29. The van der Waals surface area contributed by atoms with Crippen molar-refractivity contribution in [2.75, 3.05) is 18.4 Å². The molecule has 0 radical (unpaired) electrons. The lowest BCUT2D eigenvalue weighted by Gasteiger charge is -2.22. The fraction of sp³-hybridized carbons (Fsp3) is 0.467. The Kier molecular flexibility index (Phi) is 9.81. The number of anilines is 1. The largest absolute Gasteiger partial charge is 0.333 e. The SMILES string of the molecule is CCCN(CC(=O)Nc1ccc(Cl)cc1)C(=O)CC(C)N.Cl. The molecule has 0 aromatic heterocycles. The van der Waals surface area contributed by atoms with Crippen LogP contribution in [-0.2, 0) is 9.59 Å². The molecule has 0 saturated carbocycles. The number of nitrogens with two attached hydrogens (primary N) is 1. The first kappa shape index (κ1) is 20.7. The topological polar surface area (TPSA) is 75.4 Å². The molecular formula is C15H23Cl2N3O2. The van der Waals surface area contributed by atoms with E-state index in [0.29, 0.717) is 17.3 Å². The number of carbonyl (C=O) groups is 2. The van der Waals surface area contributed by atoms with E-state index in [1.165, 1.54) is 4.90 Å². The minimum Gasteiger partial charge on any atom is -0.333 e. The van der Waals surface area contributed by atoms with Crippen molar-refractivity contribution in [2.24, 2.45) is 5.73 Å². The van der Waals surface area contributed by atoms with Crippen LogP contribution < -0.4 is 11.1 Å². The first-order valence-electron chi connectivity index (χ1n) is 7.01. The maximum Gasteiger partial charge on any atom is 0.243 e. The summed E-state index contributed by atoms with van der Waals surface area (Å²) < 4.78 is 0. The molecule has 124 valence electrons. The van der Waals surface area contributed by atoms with Gasteiger partial charge in [0, 0.05) is 29.7 Å². The second-order valence-electron chi connectivity index (χ2n) is 5.05. The third-order valence-electron chi connectivity index (χ3n) is 2.81. The second kappa shape index (κ2) is 10.4. The predicted molar refractivity (Wildman–Crippen MR) is 92.5 cm³/mol. The Labute approximate surface area is 142 Å². The van der Waals surface area contributed by atoms with E-state index in [0.717, 1.165) is 6.42 Å². The third kappa shape index (κ3) is 7.64. The van der Waals surface area contributed by atoms with Gasteiger partial charge < -0.3 is 16.0 Å². The van der Waals surface area contributed by atoms with Gasteiger partial charge in [0.1, 0.15) is 0 Å². The molecule has 0 fully saturated rings. The lowest BCUT2D eigenvalue weighted by molar-refractivity contribution is -0.135. The van der Waals surface area contributed by atoms with Crippen LogP contribution in [0.2, 0.25) is 5.02 Å². The quantitative estimate of drug-likeness (QED) is 0.795. The van der Waals surface area contributed by atoms with Crippen LogP contribution in [-0.4, -0.2) is 35.8 Å². The third-order valence-corrected chi connectivity index (χ3v) is 3.06. The van der Waals surface area contributed by atoms with Gasteiger partial charge in [-0.25, -0.2) is 0 Å². The number of benzene rings is 1. The molecule has 0 aliphatic carbocycles. The van der Waals surface area contributed by atoms with Gasteiger partial charge in [0.25, 0.3) is 0 Å². The summed E-state index contributed by atoms with van der Waals surface area (Å²) in [7, 11) is 0. The number of carbonyl (C=O) groups excluding carboxylic acids is 2. The van der Waals surface area contributed by atoms with E-state index in [-0.39, 0.29) is 43.2 Å². The van der Waals surface area contributed by atoms with E-state index in [9.17, 15) is 9.59 Å². The molecule has 0 bridgehead atoms. The summed E-state index contributed by atoms with van der Waals surface area (Å²) in [6.45, 7) is 4.31. The van der Waals surface area contributed by atoms with Crippen LogP contribution in [0.15, 0.2) is 24.3 Å². The fourth-order valence-electron chi connectivity index (χ4n) is 1.87. The van der Waals surface area contributed by atoms with Gasteiger partial charge >= 0.3 is 0 Å². The van der Waals surface area contributed by atoms with Gasteiger partial charge in [-0.3, -0.25) is 9.59 Å². The van der Waals surface area contributed by atoms with Crippen molar-refractivity contribution < 1.29 is 9.59 Å². The normalized spacial score (nSPS) is 11.3. The number of halogens is 2. The van der Waals surface area contributed by atoms with Crippen molar-refractivity contribution in [1.29, 1.82) is 0 Å². The lowest BCUT2D eigenvalue weighted by Crippen LogP contribution is -2.40. The molecule has 5 nitrogen and oxygen atoms in total. The van der Waals surface area contributed by atoms with Crippen LogP contribution >= 0.6 is 24.0 Å². The van der Waals surface area contributed by atoms with Gasteiger partial charge in [-0.15, -0.1) is 12.4 Å². The Morgan fingerprint density at radius 1 is 1.32 bits per heavy atom. The zero-order chi connectivity index (χ0) is 15.8. The molecule has 7 heteroatoms. The van der Waals surface area contributed by atoms with Crippen LogP contribution in [0.4, 0.5) is 5.69 Å². The molecule has 0 saturated heterocycles. The summed E-state index contributed by atoms with van der Waals surface area (Å²) in [4.78, 5) is 25.6. The maximum absolute atomic E-state index is 12.0. The molecule has 0 heterocycles. The van der Waals surface area contributed by atoms with Gasteiger partial charge in [-0.1, -0.05) is 18.5 Å². The Hall–Kier alpha value is -1.30. The number of nitrogens with one attached hydrogen (secondary N) is 1. The van der Waals surface area contributed by atoms with Crippen molar-refractivity contribution in [3.8, 4) is 0 Å². The zero-order valence-corrected chi connectivity index (χ0v) is 14.4. The number of rotatable bonds is 7. The van der Waals surface area contributed by atoms with Crippen molar-refractivity contribution in [2.45, 2.75) is 32.7 Å². The average molecular weight is 348 g/mol. The maximum atomic E-state index is 12.0. The van der Waals surface area contributed by atoms with Crippen molar-refractivity contribution >= 4 is 41.5 Å². The molecule has 0 spiro atoms. The van der Waals surface area contributed by atoms with E-state index >= 15 is 0 Å². The zero-order valence-electron chi connectivity index (χ0n) is 12.8. The Morgan fingerprint density at radius 2 is 1.91 bits per heavy atom. The van der Waals surface area contributed by atoms with E-state index in [4.69, 9.17) is 17.3 Å². The summed E-state index contributed by atoms with van der Waals surface area (Å²) in [6, 6.07) is 6.61. The molecule has 1 aromatic rings. The average Bonchev–Trinajstić information content (AvgIpc) is 2.40. The molecule has 22 heavy (non-hydrogen) atoms. The summed E-state index contributed by atoms with van der Waals surface area (Å²) in [5, 5.41) is 3.35. The minimum atomic E-state index is -0.233. The van der Waals surface area contributed by atoms with Gasteiger partial charge in [0.2, 0.25) is 11.8 Å². The monoisotopic (exact) mass is 347 g/mol. The number of nitrogens with zero attached hydrogens (tertiary/aromatic N) is 1. The number of hydrogen-bond acceptors (Lipinski definition) is 3. The predicted octanol–water partition coefficient (Wildman–Crippen LogP) is 2.68. The molecule has 1 aromatic carbocycles. The van der Waals surface area contributed by atoms with E-state index < -0.39 is 0 Å². The molecule has 3 N–H and O–H groups in total. The van der Waals surface area contributed by atoms with Crippen LogP contribution in [0.1, 0.15) is 26.7 Å². The minimum absolute atomic E-state index is 0. The highest BCUT2D eigenvalue weighted by Crippen LogP contribution is 2.13.